The van der Waals surface area contributed by atoms with E-state index in [-0.39, 0.29) is 24.8 Å². The van der Waals surface area contributed by atoms with Gasteiger partial charge >= 0.3 is 5.97 Å². The summed E-state index contributed by atoms with van der Waals surface area (Å²) in [4.78, 5) is 50.7. The van der Waals surface area contributed by atoms with Gasteiger partial charge in [-0.25, -0.2) is 4.79 Å². The molecule has 1 aromatic rings. The van der Waals surface area contributed by atoms with E-state index in [0.29, 0.717) is 24.3 Å². The maximum absolute atomic E-state index is 13.2. The van der Waals surface area contributed by atoms with Crippen molar-refractivity contribution in [2.75, 3.05) is 30.6 Å². The first kappa shape index (κ1) is 29.0. The number of carbonyl (C=O) groups excluding carboxylic acids is 3. The number of carboxylic acids is 1. The van der Waals surface area contributed by atoms with Gasteiger partial charge in [-0.3, -0.25) is 14.4 Å². The zero-order valence-corrected chi connectivity index (χ0v) is 21.9. The molecule has 1 aliphatic heterocycles. The summed E-state index contributed by atoms with van der Waals surface area (Å²) in [6.45, 7) is 0.764. The molecule has 3 amide bonds. The quantitative estimate of drug-likeness (QED) is 0.229. The lowest BCUT2D eigenvalue weighted by Gasteiger charge is -2.25. The molecule has 0 saturated carbocycles. The Morgan fingerprint density at radius 3 is 2.11 bits per heavy atom. The molecular formula is C24H36N4O5S2. The van der Waals surface area contributed by atoms with Crippen LogP contribution in [0.4, 0.5) is 0 Å². The van der Waals surface area contributed by atoms with Crippen LogP contribution in [-0.4, -0.2) is 83.5 Å². The van der Waals surface area contributed by atoms with Crippen molar-refractivity contribution in [3.63, 3.8) is 0 Å². The number of carboxylic acid groups (broad SMARTS) is 1. The molecule has 2 rings (SSSR count). The Morgan fingerprint density at radius 1 is 0.943 bits per heavy atom. The predicted octanol–water partition coefficient (Wildman–Crippen LogP) is 1.03. The lowest BCUT2D eigenvalue weighted by Crippen LogP contribution is -2.57. The molecule has 194 valence electrons. The molecule has 1 aliphatic rings. The van der Waals surface area contributed by atoms with Crippen LogP contribution in [-0.2, 0) is 25.6 Å². The van der Waals surface area contributed by atoms with Crippen molar-refractivity contribution in [3.05, 3.63) is 35.9 Å². The number of aliphatic carboxylic acids is 1. The van der Waals surface area contributed by atoms with Crippen LogP contribution in [0, 0.1) is 0 Å². The van der Waals surface area contributed by atoms with Crippen molar-refractivity contribution in [3.8, 4) is 0 Å². The summed E-state index contributed by atoms with van der Waals surface area (Å²) in [7, 11) is 0. The number of amides is 3. The second-order valence-corrected chi connectivity index (χ2v) is 10.4. The minimum Gasteiger partial charge on any atom is -0.480 e. The average molecular weight is 525 g/mol. The van der Waals surface area contributed by atoms with Crippen LogP contribution in [0.15, 0.2) is 30.3 Å². The minimum atomic E-state index is -1.12. The van der Waals surface area contributed by atoms with Crippen LogP contribution >= 0.6 is 23.5 Å². The number of hydrogen-bond acceptors (Lipinski definition) is 7. The van der Waals surface area contributed by atoms with E-state index >= 15 is 0 Å². The van der Waals surface area contributed by atoms with E-state index in [4.69, 9.17) is 0 Å². The molecule has 0 radical (unpaired) electrons. The summed E-state index contributed by atoms with van der Waals surface area (Å²) in [5, 5.41) is 20.8. The van der Waals surface area contributed by atoms with E-state index in [0.717, 1.165) is 18.5 Å². The number of nitrogens with one attached hydrogen (secondary N) is 4. The first-order chi connectivity index (χ1) is 16.8. The highest BCUT2D eigenvalue weighted by atomic mass is 32.2. The monoisotopic (exact) mass is 524 g/mol. The molecule has 0 spiro atoms. The van der Waals surface area contributed by atoms with E-state index < -0.39 is 35.9 Å². The number of carbonyl (C=O) groups is 4. The standard InChI is InChI=1S/C24H36N4O5S2/c1-34-13-10-18(26-21(29)17-9-6-12-25-17)22(30)28-20(15-16-7-4-3-5-8-16)23(31)27-19(24(32)33)11-14-35-2/h3-5,7-8,17-20,25H,6,9-15H2,1-2H3,(H,26,29)(H,27,31)(H,28,30)(H,32,33). The number of hydrogen-bond donors (Lipinski definition) is 5. The highest BCUT2D eigenvalue weighted by Gasteiger charge is 2.31. The van der Waals surface area contributed by atoms with E-state index in [1.54, 1.807) is 11.8 Å². The molecule has 4 unspecified atom stereocenters. The molecule has 0 bridgehead atoms. The fourth-order valence-corrected chi connectivity index (χ4v) is 4.72. The van der Waals surface area contributed by atoms with E-state index in [1.807, 2.05) is 42.8 Å². The van der Waals surface area contributed by atoms with Gasteiger partial charge in [-0.1, -0.05) is 30.3 Å². The minimum absolute atomic E-state index is 0.195. The van der Waals surface area contributed by atoms with E-state index in [2.05, 4.69) is 21.3 Å². The third-order valence-corrected chi connectivity index (χ3v) is 7.05. The first-order valence-corrected chi connectivity index (χ1v) is 14.5. The van der Waals surface area contributed by atoms with Crippen molar-refractivity contribution in [2.45, 2.75) is 56.3 Å². The van der Waals surface area contributed by atoms with Crippen molar-refractivity contribution in [1.29, 1.82) is 0 Å². The molecule has 0 aromatic heterocycles. The summed E-state index contributed by atoms with van der Waals surface area (Å²) in [6, 6.07) is 6.05. The number of thioether (sulfide) groups is 2. The van der Waals surface area contributed by atoms with Gasteiger partial charge in [0.25, 0.3) is 0 Å². The highest BCUT2D eigenvalue weighted by molar-refractivity contribution is 7.98. The fraction of sp³-hybridized carbons (Fsp3) is 0.583. The SMILES string of the molecule is CSCCC(NC(=O)C(Cc1ccccc1)NC(=O)C(CCSC)NC(=O)C1CCCN1)C(=O)O. The molecule has 35 heavy (non-hydrogen) atoms. The highest BCUT2D eigenvalue weighted by Crippen LogP contribution is 2.10. The van der Waals surface area contributed by atoms with Crippen molar-refractivity contribution < 1.29 is 24.3 Å². The van der Waals surface area contributed by atoms with Crippen LogP contribution in [0.2, 0.25) is 0 Å². The third kappa shape index (κ3) is 10.1. The summed E-state index contributed by atoms with van der Waals surface area (Å²) in [5.74, 6) is -1.14. The Balaban J connectivity index is 2.16. The Hall–Kier alpha value is -2.24. The Morgan fingerprint density at radius 2 is 1.54 bits per heavy atom. The summed E-state index contributed by atoms with van der Waals surface area (Å²) in [5.41, 5.74) is 0.823. The molecule has 11 heteroatoms. The zero-order chi connectivity index (χ0) is 25.6. The first-order valence-electron chi connectivity index (χ1n) is 11.7. The molecule has 0 aliphatic carbocycles. The molecule has 5 N–H and O–H groups in total. The van der Waals surface area contributed by atoms with Gasteiger partial charge in [-0.05, 0) is 61.8 Å². The molecule has 9 nitrogen and oxygen atoms in total. The zero-order valence-electron chi connectivity index (χ0n) is 20.2. The smallest absolute Gasteiger partial charge is 0.326 e. The van der Waals surface area contributed by atoms with E-state index in [1.165, 1.54) is 11.8 Å². The van der Waals surface area contributed by atoms with Crippen molar-refractivity contribution in [2.24, 2.45) is 0 Å². The van der Waals surface area contributed by atoms with Gasteiger partial charge in [0.15, 0.2) is 0 Å². The lowest BCUT2D eigenvalue weighted by molar-refractivity contribution is -0.142. The summed E-state index contributed by atoms with van der Waals surface area (Å²) >= 11 is 3.05. The maximum Gasteiger partial charge on any atom is 0.326 e. The molecule has 4 atom stereocenters. The van der Waals surface area contributed by atoms with Crippen LogP contribution < -0.4 is 21.3 Å². The number of rotatable bonds is 15. The molecule has 1 aromatic carbocycles. The van der Waals surface area contributed by atoms with Crippen molar-refractivity contribution >= 4 is 47.2 Å². The fourth-order valence-electron chi connectivity index (χ4n) is 3.78. The number of benzene rings is 1. The summed E-state index contributed by atoms with van der Waals surface area (Å²) in [6.07, 6.45) is 6.28. The van der Waals surface area contributed by atoms with Gasteiger partial charge in [-0.2, -0.15) is 23.5 Å². The summed E-state index contributed by atoms with van der Waals surface area (Å²) < 4.78 is 0. The molecule has 1 fully saturated rings. The van der Waals surface area contributed by atoms with Gasteiger partial charge < -0.3 is 26.4 Å². The third-order valence-electron chi connectivity index (χ3n) is 5.76. The second-order valence-electron chi connectivity index (χ2n) is 8.42. The van der Waals surface area contributed by atoms with E-state index in [9.17, 15) is 24.3 Å². The lowest BCUT2D eigenvalue weighted by atomic mass is 10.0. The maximum atomic E-state index is 13.2. The topological polar surface area (TPSA) is 137 Å². The van der Waals surface area contributed by atoms with Crippen LogP contribution in [0.1, 0.15) is 31.2 Å². The largest absolute Gasteiger partial charge is 0.480 e. The predicted molar refractivity (Wildman–Crippen MR) is 141 cm³/mol. The molecule has 1 heterocycles. The Labute approximate surface area is 215 Å². The average Bonchev–Trinajstić information content (AvgIpc) is 3.39. The molecule has 1 saturated heterocycles. The molecular weight excluding hydrogens is 488 g/mol. The van der Waals surface area contributed by atoms with Crippen LogP contribution in [0.5, 0.6) is 0 Å². The van der Waals surface area contributed by atoms with Gasteiger partial charge in [0, 0.05) is 6.42 Å². The Kier molecular flexibility index (Phi) is 13.0. The normalized spacial score (nSPS) is 17.7. The van der Waals surface area contributed by atoms with Gasteiger partial charge in [0.05, 0.1) is 6.04 Å². The van der Waals surface area contributed by atoms with Crippen molar-refractivity contribution in [1.82, 2.24) is 21.3 Å². The van der Waals surface area contributed by atoms with Gasteiger partial charge in [0.2, 0.25) is 17.7 Å². The Bertz CT molecular complexity index is 836. The van der Waals surface area contributed by atoms with Crippen LogP contribution in [0.25, 0.3) is 0 Å². The van der Waals surface area contributed by atoms with Gasteiger partial charge in [-0.15, -0.1) is 0 Å². The van der Waals surface area contributed by atoms with Crippen LogP contribution in [0.3, 0.4) is 0 Å². The van der Waals surface area contributed by atoms with Gasteiger partial charge in [0.1, 0.15) is 18.1 Å². The second kappa shape index (κ2) is 15.7.